The van der Waals surface area contributed by atoms with E-state index in [0.29, 0.717) is 34.7 Å². The van der Waals surface area contributed by atoms with E-state index in [4.69, 9.17) is 9.47 Å². The van der Waals surface area contributed by atoms with Crippen LogP contribution in [0.5, 0.6) is 11.5 Å². The third-order valence-electron chi connectivity index (χ3n) is 4.77. The van der Waals surface area contributed by atoms with E-state index in [9.17, 15) is 9.18 Å². The van der Waals surface area contributed by atoms with E-state index in [2.05, 4.69) is 5.32 Å². The maximum absolute atomic E-state index is 14.3. The summed E-state index contributed by atoms with van der Waals surface area (Å²) in [6, 6.07) is 12.1. The number of thiophene rings is 1. The number of ether oxygens (including phenoxy) is 2. The molecule has 0 saturated carbocycles. The topological polar surface area (TPSA) is 47.6 Å². The van der Waals surface area contributed by atoms with Crippen LogP contribution >= 0.6 is 11.3 Å². The van der Waals surface area contributed by atoms with Gasteiger partial charge in [0.1, 0.15) is 17.3 Å². The first-order chi connectivity index (χ1) is 13.1. The Morgan fingerprint density at radius 3 is 2.67 bits per heavy atom. The van der Waals surface area contributed by atoms with Gasteiger partial charge in [0, 0.05) is 39.3 Å². The molecule has 0 saturated heterocycles. The maximum atomic E-state index is 14.3. The maximum Gasteiger partial charge on any atom is 0.225 e. The minimum atomic E-state index is -0.312. The third-order valence-corrected chi connectivity index (χ3v) is 5.86. The monoisotopic (exact) mass is 383 g/mol. The van der Waals surface area contributed by atoms with Crippen molar-refractivity contribution in [2.45, 2.75) is 12.3 Å². The van der Waals surface area contributed by atoms with Gasteiger partial charge in [0.05, 0.1) is 19.9 Å². The molecule has 0 bridgehead atoms. The standard InChI is InChI=1S/C21H18FNO3S/c1-25-12-7-8-18(26-2)14(9-12)15-10-19(24)23-20-16(11-27-21(15)20)13-5-3-4-6-17(13)22/h3-9,11,15H,10H2,1-2H3,(H,23,24)/t15-/m1/s1. The molecule has 4 rings (SSSR count). The van der Waals surface area contributed by atoms with Crippen molar-refractivity contribution < 1.29 is 18.7 Å². The number of halogens is 1. The molecule has 0 radical (unpaired) electrons. The summed E-state index contributed by atoms with van der Waals surface area (Å²) in [5.74, 6) is 0.803. The lowest BCUT2D eigenvalue weighted by Crippen LogP contribution is -2.22. The predicted molar refractivity (Wildman–Crippen MR) is 104 cm³/mol. The van der Waals surface area contributed by atoms with Crippen LogP contribution in [-0.4, -0.2) is 20.1 Å². The summed E-state index contributed by atoms with van der Waals surface area (Å²) in [6.07, 6.45) is 0.299. The van der Waals surface area contributed by atoms with Gasteiger partial charge in [-0.15, -0.1) is 11.3 Å². The average molecular weight is 383 g/mol. The SMILES string of the molecule is COc1ccc(OC)c([C@H]2CC(=O)Nc3c(-c4ccccc4F)csc32)c1. The fraction of sp³-hybridized carbons (Fsp3) is 0.190. The van der Waals surface area contributed by atoms with Crippen molar-refractivity contribution in [3.63, 3.8) is 0 Å². The Labute approximate surface area is 160 Å². The van der Waals surface area contributed by atoms with Gasteiger partial charge in [0.15, 0.2) is 0 Å². The van der Waals surface area contributed by atoms with Crippen LogP contribution in [0.4, 0.5) is 10.1 Å². The minimum Gasteiger partial charge on any atom is -0.497 e. The summed E-state index contributed by atoms with van der Waals surface area (Å²) in [4.78, 5) is 13.4. The molecule has 0 spiro atoms. The Bertz CT molecular complexity index is 1010. The molecular weight excluding hydrogens is 365 g/mol. The van der Waals surface area contributed by atoms with E-state index in [0.717, 1.165) is 10.4 Å². The number of methoxy groups -OCH3 is 2. The molecule has 3 aromatic rings. The van der Waals surface area contributed by atoms with Gasteiger partial charge >= 0.3 is 0 Å². The Kier molecular flexibility index (Phi) is 4.58. The fourth-order valence-electron chi connectivity index (χ4n) is 3.47. The molecule has 0 fully saturated rings. The smallest absolute Gasteiger partial charge is 0.225 e. The number of benzene rings is 2. The molecule has 2 aromatic carbocycles. The summed E-state index contributed by atoms with van der Waals surface area (Å²) >= 11 is 1.52. The van der Waals surface area contributed by atoms with Gasteiger partial charge in [-0.1, -0.05) is 18.2 Å². The van der Waals surface area contributed by atoms with E-state index >= 15 is 0 Å². The second-order valence-corrected chi connectivity index (χ2v) is 7.19. The molecule has 1 atom stereocenters. The lowest BCUT2D eigenvalue weighted by atomic mass is 9.88. The highest BCUT2D eigenvalue weighted by Gasteiger charge is 2.32. The van der Waals surface area contributed by atoms with Crippen molar-refractivity contribution in [3.8, 4) is 22.6 Å². The van der Waals surface area contributed by atoms with Crippen LogP contribution in [0.2, 0.25) is 0 Å². The Hall–Kier alpha value is -2.86. The van der Waals surface area contributed by atoms with E-state index in [1.165, 1.54) is 17.4 Å². The number of hydrogen-bond acceptors (Lipinski definition) is 4. The van der Waals surface area contributed by atoms with Gasteiger partial charge in [-0.2, -0.15) is 0 Å². The number of anilines is 1. The van der Waals surface area contributed by atoms with Crippen molar-refractivity contribution in [2.75, 3.05) is 19.5 Å². The minimum absolute atomic E-state index is 0.103. The van der Waals surface area contributed by atoms with Crippen LogP contribution in [0.15, 0.2) is 47.8 Å². The Morgan fingerprint density at radius 1 is 1.11 bits per heavy atom. The summed E-state index contributed by atoms with van der Waals surface area (Å²) in [5, 5.41) is 4.83. The fourth-order valence-corrected chi connectivity index (χ4v) is 4.61. The number of carbonyl (C=O) groups is 1. The Morgan fingerprint density at radius 2 is 1.93 bits per heavy atom. The number of fused-ring (bicyclic) bond motifs is 1. The van der Waals surface area contributed by atoms with Gasteiger partial charge < -0.3 is 14.8 Å². The molecule has 1 amide bonds. The van der Waals surface area contributed by atoms with E-state index < -0.39 is 0 Å². The van der Waals surface area contributed by atoms with Gasteiger partial charge in [0.2, 0.25) is 5.91 Å². The number of amides is 1. The molecule has 0 unspecified atom stereocenters. The molecule has 27 heavy (non-hydrogen) atoms. The predicted octanol–water partition coefficient (Wildman–Crippen LogP) is 5.05. The van der Waals surface area contributed by atoms with Crippen LogP contribution in [0.1, 0.15) is 22.8 Å². The summed E-state index contributed by atoms with van der Waals surface area (Å²) in [7, 11) is 3.21. The zero-order valence-electron chi connectivity index (χ0n) is 14.9. The molecule has 1 aliphatic heterocycles. The quantitative estimate of drug-likeness (QED) is 0.686. The first-order valence-electron chi connectivity index (χ1n) is 8.50. The molecule has 1 N–H and O–H groups in total. The van der Waals surface area contributed by atoms with E-state index in [1.54, 1.807) is 32.4 Å². The highest BCUT2D eigenvalue weighted by atomic mass is 32.1. The van der Waals surface area contributed by atoms with E-state index in [1.807, 2.05) is 23.6 Å². The first kappa shape index (κ1) is 17.5. The largest absolute Gasteiger partial charge is 0.497 e. The van der Waals surface area contributed by atoms with Gasteiger partial charge in [-0.25, -0.2) is 4.39 Å². The zero-order valence-corrected chi connectivity index (χ0v) is 15.7. The normalized spacial score (nSPS) is 15.8. The molecule has 2 heterocycles. The van der Waals surface area contributed by atoms with Crippen LogP contribution in [0.3, 0.4) is 0 Å². The van der Waals surface area contributed by atoms with Crippen molar-refractivity contribution in [3.05, 3.63) is 64.1 Å². The summed E-state index contributed by atoms with van der Waals surface area (Å²) in [5.41, 5.74) is 2.74. The molecule has 6 heteroatoms. The lowest BCUT2D eigenvalue weighted by Gasteiger charge is -2.25. The Balaban J connectivity index is 1.86. The third kappa shape index (κ3) is 3.06. The molecule has 138 valence electrons. The molecule has 0 aliphatic carbocycles. The molecule has 1 aliphatic rings. The van der Waals surface area contributed by atoms with Crippen molar-refractivity contribution in [1.29, 1.82) is 0 Å². The second-order valence-electron chi connectivity index (χ2n) is 6.28. The summed E-state index contributed by atoms with van der Waals surface area (Å²) < 4.78 is 25.2. The second kappa shape index (κ2) is 7.04. The first-order valence-corrected chi connectivity index (χ1v) is 9.38. The number of carbonyl (C=O) groups excluding carboxylic acids is 1. The van der Waals surface area contributed by atoms with Crippen molar-refractivity contribution in [1.82, 2.24) is 0 Å². The van der Waals surface area contributed by atoms with Crippen LogP contribution in [0.25, 0.3) is 11.1 Å². The van der Waals surface area contributed by atoms with Crippen molar-refractivity contribution >= 4 is 22.9 Å². The van der Waals surface area contributed by atoms with Crippen LogP contribution in [-0.2, 0) is 4.79 Å². The molecule has 4 nitrogen and oxygen atoms in total. The highest BCUT2D eigenvalue weighted by molar-refractivity contribution is 7.11. The molecule has 1 aromatic heterocycles. The van der Waals surface area contributed by atoms with Gasteiger partial charge in [-0.05, 0) is 24.3 Å². The van der Waals surface area contributed by atoms with E-state index in [-0.39, 0.29) is 17.6 Å². The van der Waals surface area contributed by atoms with Crippen molar-refractivity contribution in [2.24, 2.45) is 0 Å². The van der Waals surface area contributed by atoms with Crippen LogP contribution in [0, 0.1) is 5.82 Å². The van der Waals surface area contributed by atoms with Gasteiger partial charge in [-0.3, -0.25) is 4.79 Å². The number of hydrogen-bond donors (Lipinski definition) is 1. The number of rotatable bonds is 4. The zero-order chi connectivity index (χ0) is 19.0. The lowest BCUT2D eigenvalue weighted by molar-refractivity contribution is -0.116. The molecular formula is C21H18FNO3S. The van der Waals surface area contributed by atoms with Gasteiger partial charge in [0.25, 0.3) is 0 Å². The van der Waals surface area contributed by atoms with Crippen LogP contribution < -0.4 is 14.8 Å². The summed E-state index contributed by atoms with van der Waals surface area (Å²) in [6.45, 7) is 0. The number of nitrogens with one attached hydrogen (secondary N) is 1. The average Bonchev–Trinajstić information content (AvgIpc) is 3.10. The highest BCUT2D eigenvalue weighted by Crippen LogP contribution is 2.49.